The largest absolute Gasteiger partial charge is 0.481 e. The lowest BCUT2D eigenvalue weighted by atomic mass is 9.85. The predicted molar refractivity (Wildman–Crippen MR) is 132 cm³/mol. The number of amides is 1. The highest BCUT2D eigenvalue weighted by Crippen LogP contribution is 2.37. The Morgan fingerprint density at radius 3 is 2.41 bits per heavy atom. The van der Waals surface area contributed by atoms with Crippen LogP contribution in [-0.2, 0) is 9.53 Å². The molecule has 1 atom stereocenters. The number of likely N-dealkylation sites (tertiary alicyclic amines) is 1. The van der Waals surface area contributed by atoms with Gasteiger partial charge in [-0.15, -0.1) is 0 Å². The van der Waals surface area contributed by atoms with E-state index in [4.69, 9.17) is 4.74 Å². The number of anilines is 2. The van der Waals surface area contributed by atoms with Gasteiger partial charge in [0.15, 0.2) is 0 Å². The molecule has 1 aromatic heterocycles. The van der Waals surface area contributed by atoms with Crippen molar-refractivity contribution >= 4 is 23.4 Å². The molecule has 8 heteroatoms. The van der Waals surface area contributed by atoms with E-state index in [-0.39, 0.29) is 24.3 Å². The number of carboxylic acids is 1. The zero-order chi connectivity index (χ0) is 24.9. The number of carboxylic acid groups (broad SMARTS) is 1. The highest BCUT2D eigenvalue weighted by molar-refractivity contribution is 5.70. The molecular weight excluding hydrogens is 432 g/mol. The van der Waals surface area contributed by atoms with Crippen LogP contribution in [0, 0.1) is 6.92 Å². The van der Waals surface area contributed by atoms with Gasteiger partial charge >= 0.3 is 12.1 Å². The highest BCUT2D eigenvalue weighted by Gasteiger charge is 2.29. The van der Waals surface area contributed by atoms with Gasteiger partial charge in [-0.25, -0.2) is 14.8 Å². The molecule has 1 aromatic carbocycles. The molecule has 1 fully saturated rings. The lowest BCUT2D eigenvalue weighted by molar-refractivity contribution is -0.137. The molecule has 2 aromatic rings. The molecule has 0 saturated carbocycles. The van der Waals surface area contributed by atoms with Crippen molar-refractivity contribution in [1.82, 2.24) is 14.9 Å². The number of carbonyl (C=O) groups is 2. The van der Waals surface area contributed by atoms with Gasteiger partial charge in [0.1, 0.15) is 11.4 Å². The molecular formula is C26H36N4O4. The van der Waals surface area contributed by atoms with Gasteiger partial charge in [0, 0.05) is 18.8 Å². The van der Waals surface area contributed by atoms with Crippen LogP contribution in [-0.4, -0.2) is 50.7 Å². The minimum Gasteiger partial charge on any atom is -0.481 e. The van der Waals surface area contributed by atoms with Crippen molar-refractivity contribution in [2.24, 2.45) is 0 Å². The van der Waals surface area contributed by atoms with E-state index in [0.29, 0.717) is 18.9 Å². The van der Waals surface area contributed by atoms with E-state index in [1.54, 1.807) is 17.3 Å². The molecule has 0 bridgehead atoms. The van der Waals surface area contributed by atoms with Crippen LogP contribution in [0.15, 0.2) is 30.6 Å². The maximum absolute atomic E-state index is 12.5. The van der Waals surface area contributed by atoms with Gasteiger partial charge in [-0.1, -0.05) is 19.1 Å². The van der Waals surface area contributed by atoms with E-state index in [1.807, 2.05) is 40.7 Å². The Morgan fingerprint density at radius 2 is 1.85 bits per heavy atom. The monoisotopic (exact) mass is 468 g/mol. The third-order valence-corrected chi connectivity index (χ3v) is 6.11. The second-order valence-electron chi connectivity index (χ2n) is 9.94. The van der Waals surface area contributed by atoms with Crippen LogP contribution >= 0.6 is 0 Å². The van der Waals surface area contributed by atoms with E-state index in [0.717, 1.165) is 41.8 Å². The van der Waals surface area contributed by atoms with Crippen molar-refractivity contribution in [1.29, 1.82) is 0 Å². The molecule has 3 rings (SSSR count). The van der Waals surface area contributed by atoms with Crippen LogP contribution in [0.4, 0.5) is 16.2 Å². The molecule has 1 aliphatic rings. The average molecular weight is 469 g/mol. The summed E-state index contributed by atoms with van der Waals surface area (Å²) in [5.74, 6) is 0.102. The van der Waals surface area contributed by atoms with E-state index in [9.17, 15) is 14.7 Å². The second kappa shape index (κ2) is 10.8. The molecule has 1 aliphatic heterocycles. The lowest BCUT2D eigenvalue weighted by Crippen LogP contribution is -2.41. The zero-order valence-corrected chi connectivity index (χ0v) is 20.8. The molecule has 34 heavy (non-hydrogen) atoms. The van der Waals surface area contributed by atoms with Crippen molar-refractivity contribution in [3.8, 4) is 0 Å². The Labute approximate surface area is 201 Å². The predicted octanol–water partition coefficient (Wildman–Crippen LogP) is 5.61. The van der Waals surface area contributed by atoms with E-state index < -0.39 is 11.6 Å². The summed E-state index contributed by atoms with van der Waals surface area (Å²) in [5, 5.41) is 12.8. The van der Waals surface area contributed by atoms with Crippen molar-refractivity contribution < 1.29 is 19.4 Å². The van der Waals surface area contributed by atoms with E-state index in [2.05, 4.69) is 27.4 Å². The highest BCUT2D eigenvalue weighted by atomic mass is 16.6. The van der Waals surface area contributed by atoms with Crippen LogP contribution in [0.3, 0.4) is 0 Å². The Morgan fingerprint density at radius 1 is 1.21 bits per heavy atom. The van der Waals surface area contributed by atoms with Crippen LogP contribution in [0.5, 0.6) is 0 Å². The van der Waals surface area contributed by atoms with Crippen LogP contribution in [0.25, 0.3) is 0 Å². The third-order valence-electron chi connectivity index (χ3n) is 6.11. The van der Waals surface area contributed by atoms with Crippen molar-refractivity contribution in [2.45, 2.75) is 77.7 Å². The Kier molecular flexibility index (Phi) is 8.12. The topological polar surface area (TPSA) is 105 Å². The molecule has 184 valence electrons. The molecule has 0 aliphatic carbocycles. The van der Waals surface area contributed by atoms with E-state index >= 15 is 0 Å². The standard InChI is InChI=1S/C26H36N4O4/c1-6-18(14-24(31)32)20-7-8-22(23(13-20)29-21-15-27-17(2)28-16-21)19-9-11-30(12-10-19)25(33)34-26(3,4)5/h7-8,13,15-16,18-19,29H,6,9-12,14H2,1-5H3,(H,31,32)/t18-/m1/s1. The number of aliphatic carboxylic acids is 1. The van der Waals surface area contributed by atoms with Gasteiger partial charge in [-0.2, -0.15) is 0 Å². The Hall–Kier alpha value is -3.16. The Bertz CT molecular complexity index is 993. The van der Waals surface area contributed by atoms with Crippen molar-refractivity contribution in [3.63, 3.8) is 0 Å². The lowest BCUT2D eigenvalue weighted by Gasteiger charge is -2.34. The minimum absolute atomic E-state index is 0.0598. The first-order valence-corrected chi connectivity index (χ1v) is 11.9. The number of ether oxygens (including phenoxy) is 1. The van der Waals surface area contributed by atoms with Crippen molar-refractivity contribution in [2.75, 3.05) is 18.4 Å². The number of aryl methyl sites for hydroxylation is 1. The maximum Gasteiger partial charge on any atom is 0.410 e. The number of aromatic nitrogens is 2. The van der Waals surface area contributed by atoms with Gasteiger partial charge in [0.05, 0.1) is 24.5 Å². The van der Waals surface area contributed by atoms with Gasteiger partial charge in [-0.3, -0.25) is 4.79 Å². The fourth-order valence-electron chi connectivity index (χ4n) is 4.31. The first-order chi connectivity index (χ1) is 16.1. The minimum atomic E-state index is -0.799. The summed E-state index contributed by atoms with van der Waals surface area (Å²) in [6.45, 7) is 10.7. The van der Waals surface area contributed by atoms with Crippen LogP contribution in [0.1, 0.15) is 82.2 Å². The number of carbonyl (C=O) groups excluding carboxylic acids is 1. The number of nitrogens with zero attached hydrogens (tertiary/aromatic N) is 3. The number of nitrogens with one attached hydrogen (secondary N) is 1. The summed E-state index contributed by atoms with van der Waals surface area (Å²) in [6.07, 6.45) is 5.71. The van der Waals surface area contributed by atoms with Crippen molar-refractivity contribution in [3.05, 3.63) is 47.5 Å². The first kappa shape index (κ1) is 25.5. The fourth-order valence-corrected chi connectivity index (χ4v) is 4.31. The summed E-state index contributed by atoms with van der Waals surface area (Å²) in [6, 6.07) is 6.21. The molecule has 0 spiro atoms. The number of piperidine rings is 1. The first-order valence-electron chi connectivity index (χ1n) is 11.9. The molecule has 0 radical (unpaired) electrons. The van der Waals surface area contributed by atoms with E-state index in [1.165, 1.54) is 0 Å². The second-order valence-corrected chi connectivity index (χ2v) is 9.94. The van der Waals surface area contributed by atoms with Crippen LogP contribution < -0.4 is 5.32 Å². The number of hydrogen-bond acceptors (Lipinski definition) is 6. The summed E-state index contributed by atoms with van der Waals surface area (Å²) < 4.78 is 5.53. The third kappa shape index (κ3) is 6.92. The molecule has 2 heterocycles. The summed E-state index contributed by atoms with van der Waals surface area (Å²) in [5.41, 5.74) is 3.35. The van der Waals surface area contributed by atoms with Gasteiger partial charge in [0.2, 0.25) is 0 Å². The fraction of sp³-hybridized carbons (Fsp3) is 0.538. The molecule has 1 saturated heterocycles. The smallest absolute Gasteiger partial charge is 0.410 e. The molecule has 2 N–H and O–H groups in total. The van der Waals surface area contributed by atoms with Crippen LogP contribution in [0.2, 0.25) is 0 Å². The van der Waals surface area contributed by atoms with Gasteiger partial charge in [-0.05, 0) is 76.0 Å². The maximum atomic E-state index is 12.5. The SMILES string of the molecule is CC[C@H](CC(=O)O)c1ccc(C2CCN(C(=O)OC(C)(C)C)CC2)c(Nc2cnc(C)nc2)c1. The molecule has 1 amide bonds. The van der Waals surface area contributed by atoms with Gasteiger partial charge < -0.3 is 20.1 Å². The van der Waals surface area contributed by atoms with Gasteiger partial charge in [0.25, 0.3) is 0 Å². The average Bonchev–Trinajstić information content (AvgIpc) is 2.78. The normalized spacial score (nSPS) is 15.6. The summed E-state index contributed by atoms with van der Waals surface area (Å²) in [4.78, 5) is 34.2. The number of hydrogen-bond donors (Lipinski definition) is 2. The summed E-state index contributed by atoms with van der Waals surface area (Å²) in [7, 11) is 0. The number of benzene rings is 1. The zero-order valence-electron chi connectivity index (χ0n) is 20.8. The summed E-state index contributed by atoms with van der Waals surface area (Å²) >= 11 is 0. The molecule has 0 unspecified atom stereocenters. The molecule has 8 nitrogen and oxygen atoms in total. The number of rotatable bonds is 7. The quantitative estimate of drug-likeness (QED) is 0.544. The Balaban J connectivity index is 1.83.